The molecule has 0 bridgehead atoms. The van der Waals surface area contributed by atoms with Crippen molar-refractivity contribution in [2.24, 2.45) is 0 Å². The Balaban J connectivity index is 3.68. The van der Waals surface area contributed by atoms with Gasteiger partial charge in [0.05, 0.1) is 0 Å². The SMILES string of the molecule is Sc1c(C(Cl)(Cl)Cl)cc(C(Cl)(Cl)Cl)cc1C(Cl)(Cl)Cl. The van der Waals surface area contributed by atoms with Gasteiger partial charge in [-0.25, -0.2) is 0 Å². The molecule has 0 amide bonds. The van der Waals surface area contributed by atoms with Gasteiger partial charge in [0.15, 0.2) is 0 Å². The highest BCUT2D eigenvalue weighted by Crippen LogP contribution is 2.51. The van der Waals surface area contributed by atoms with Crippen LogP contribution in [-0.4, -0.2) is 0 Å². The Hall–Kier alpha value is 2.18. The Labute approximate surface area is 160 Å². The van der Waals surface area contributed by atoms with Crippen molar-refractivity contribution in [2.45, 2.75) is 16.3 Å². The third-order valence-electron chi connectivity index (χ3n) is 2.05. The lowest BCUT2D eigenvalue weighted by atomic mass is 10.1. The number of hydrogen-bond acceptors (Lipinski definition) is 1. The van der Waals surface area contributed by atoms with Crippen molar-refractivity contribution in [1.29, 1.82) is 0 Å². The molecule has 0 radical (unpaired) electrons. The molecule has 10 heteroatoms. The number of halogens is 9. The second kappa shape index (κ2) is 6.35. The Bertz CT molecular complexity index is 445. The Kier molecular flexibility index (Phi) is 6.43. The minimum Gasteiger partial charge on any atom is -0.143 e. The topological polar surface area (TPSA) is 0 Å². The molecular formula is C9H3Cl9S. The molecule has 0 saturated heterocycles. The summed E-state index contributed by atoms with van der Waals surface area (Å²) >= 11 is 56.6. The Morgan fingerprint density at radius 1 is 0.632 bits per heavy atom. The van der Waals surface area contributed by atoms with Crippen LogP contribution < -0.4 is 0 Å². The van der Waals surface area contributed by atoms with Crippen molar-refractivity contribution in [3.8, 4) is 0 Å². The first kappa shape index (κ1) is 19.2. The van der Waals surface area contributed by atoms with Crippen LogP contribution in [0.2, 0.25) is 0 Å². The van der Waals surface area contributed by atoms with Gasteiger partial charge in [0.2, 0.25) is 11.4 Å². The maximum absolute atomic E-state index is 5.83. The summed E-state index contributed by atoms with van der Waals surface area (Å²) in [6.07, 6.45) is 0. The van der Waals surface area contributed by atoms with Crippen LogP contribution in [0.5, 0.6) is 0 Å². The van der Waals surface area contributed by atoms with E-state index in [1.807, 2.05) is 0 Å². The van der Waals surface area contributed by atoms with Gasteiger partial charge >= 0.3 is 0 Å². The molecule has 108 valence electrons. The third kappa shape index (κ3) is 5.10. The maximum atomic E-state index is 5.83. The lowest BCUT2D eigenvalue weighted by molar-refractivity contribution is 1.03. The molecule has 19 heavy (non-hydrogen) atoms. The van der Waals surface area contributed by atoms with Gasteiger partial charge in [0.1, 0.15) is 0 Å². The molecular weight excluding hydrogens is 459 g/mol. The van der Waals surface area contributed by atoms with Crippen LogP contribution in [0, 0.1) is 0 Å². The van der Waals surface area contributed by atoms with Gasteiger partial charge in [-0.2, -0.15) is 0 Å². The molecule has 0 fully saturated rings. The summed E-state index contributed by atoms with van der Waals surface area (Å²) in [7, 11) is 0. The van der Waals surface area contributed by atoms with Crippen LogP contribution in [0.1, 0.15) is 16.7 Å². The minimum atomic E-state index is -1.81. The third-order valence-corrected chi connectivity index (χ3v) is 4.41. The lowest BCUT2D eigenvalue weighted by Gasteiger charge is -2.24. The van der Waals surface area contributed by atoms with Crippen molar-refractivity contribution < 1.29 is 0 Å². The van der Waals surface area contributed by atoms with Crippen molar-refractivity contribution in [3.63, 3.8) is 0 Å². The van der Waals surface area contributed by atoms with Crippen LogP contribution in [0.15, 0.2) is 17.0 Å². The molecule has 0 nitrogen and oxygen atoms in total. The van der Waals surface area contributed by atoms with Crippen molar-refractivity contribution >= 4 is 117 Å². The lowest BCUT2D eigenvalue weighted by Crippen LogP contribution is -2.13. The predicted octanol–water partition coefficient (Wildman–Crippen LogP) is 7.46. The van der Waals surface area contributed by atoms with Gasteiger partial charge in [0, 0.05) is 21.6 Å². The van der Waals surface area contributed by atoms with Gasteiger partial charge < -0.3 is 0 Å². The largest absolute Gasteiger partial charge is 0.217 e. The van der Waals surface area contributed by atoms with Crippen LogP contribution >= 0.6 is 117 Å². The van der Waals surface area contributed by atoms with Gasteiger partial charge in [0.25, 0.3) is 0 Å². The van der Waals surface area contributed by atoms with Crippen molar-refractivity contribution in [2.75, 3.05) is 0 Å². The van der Waals surface area contributed by atoms with Gasteiger partial charge in [-0.05, 0) is 12.1 Å². The summed E-state index contributed by atoms with van der Waals surface area (Å²) in [5, 5.41) is 0. The molecule has 1 aromatic rings. The van der Waals surface area contributed by atoms with E-state index in [-0.39, 0.29) is 21.6 Å². The van der Waals surface area contributed by atoms with Crippen LogP contribution in [-0.2, 0) is 11.4 Å². The second-order valence-electron chi connectivity index (χ2n) is 3.41. The smallest absolute Gasteiger partial charge is 0.143 e. The highest BCUT2D eigenvalue weighted by Gasteiger charge is 2.36. The Morgan fingerprint density at radius 2 is 0.947 bits per heavy atom. The number of alkyl halides is 9. The number of thiol groups is 1. The molecule has 0 aromatic heterocycles. The highest BCUT2D eigenvalue weighted by molar-refractivity contribution is 7.80. The summed E-state index contributed by atoms with van der Waals surface area (Å²) in [6, 6.07) is 2.75. The van der Waals surface area contributed by atoms with E-state index in [1.165, 1.54) is 12.1 Å². The first-order valence-corrected chi connectivity index (χ1v) is 8.18. The molecule has 1 aromatic carbocycles. The number of hydrogen-bond donors (Lipinski definition) is 1. The average molecular weight is 462 g/mol. The van der Waals surface area contributed by atoms with E-state index in [0.29, 0.717) is 0 Å². The first-order valence-electron chi connectivity index (χ1n) is 4.33. The predicted molar refractivity (Wildman–Crippen MR) is 91.4 cm³/mol. The first-order chi connectivity index (χ1) is 8.24. The molecule has 0 heterocycles. The molecule has 0 N–H and O–H groups in total. The summed E-state index contributed by atoms with van der Waals surface area (Å²) < 4.78 is -5.39. The normalized spacial score (nSPS) is 13.8. The zero-order chi connectivity index (χ0) is 15.2. The fourth-order valence-electron chi connectivity index (χ4n) is 1.23. The van der Waals surface area contributed by atoms with E-state index >= 15 is 0 Å². The Morgan fingerprint density at radius 3 is 1.16 bits per heavy atom. The standard InChI is InChI=1S/C9H3Cl9S/c10-7(11,12)3-1-4(8(13,14)15)6(19)5(2-3)9(16,17)18/h1-2,19H. The molecule has 0 atom stereocenters. The monoisotopic (exact) mass is 458 g/mol. The van der Waals surface area contributed by atoms with E-state index in [1.54, 1.807) is 0 Å². The van der Waals surface area contributed by atoms with Gasteiger partial charge in [-0.15, -0.1) is 12.6 Å². The minimum absolute atomic E-state index is 0.144. The van der Waals surface area contributed by atoms with E-state index in [4.69, 9.17) is 104 Å². The fourth-order valence-corrected chi connectivity index (χ4v) is 3.31. The van der Waals surface area contributed by atoms with Gasteiger partial charge in [-0.1, -0.05) is 104 Å². The fraction of sp³-hybridized carbons (Fsp3) is 0.333. The highest BCUT2D eigenvalue weighted by atomic mass is 35.6. The van der Waals surface area contributed by atoms with Crippen LogP contribution in [0.3, 0.4) is 0 Å². The van der Waals surface area contributed by atoms with Crippen LogP contribution in [0.4, 0.5) is 0 Å². The van der Waals surface area contributed by atoms with Crippen molar-refractivity contribution in [3.05, 3.63) is 28.8 Å². The molecule has 0 unspecified atom stereocenters. The summed E-state index contributed by atoms with van der Waals surface area (Å²) in [4.78, 5) is 0.193. The molecule has 0 aliphatic heterocycles. The number of benzene rings is 1. The van der Waals surface area contributed by atoms with E-state index < -0.39 is 11.4 Å². The second-order valence-corrected chi connectivity index (χ2v) is 10.7. The van der Waals surface area contributed by atoms with E-state index in [0.717, 1.165) is 0 Å². The van der Waals surface area contributed by atoms with Crippen molar-refractivity contribution in [1.82, 2.24) is 0 Å². The molecule has 1 rings (SSSR count). The maximum Gasteiger partial charge on any atom is 0.217 e. The molecule has 0 aliphatic rings. The summed E-state index contributed by atoms with van der Waals surface area (Å²) in [6.45, 7) is 0. The molecule has 0 aliphatic carbocycles. The zero-order valence-electron chi connectivity index (χ0n) is 8.50. The summed E-state index contributed by atoms with van der Waals surface area (Å²) in [5.74, 6) is 0. The quantitative estimate of drug-likeness (QED) is 0.301. The summed E-state index contributed by atoms with van der Waals surface area (Å²) in [5.41, 5.74) is 0.481. The molecule has 0 spiro atoms. The van der Waals surface area contributed by atoms with Gasteiger partial charge in [-0.3, -0.25) is 0 Å². The van der Waals surface area contributed by atoms with Crippen LogP contribution in [0.25, 0.3) is 0 Å². The van der Waals surface area contributed by atoms with E-state index in [2.05, 4.69) is 12.6 Å². The van der Waals surface area contributed by atoms with E-state index in [9.17, 15) is 0 Å². The zero-order valence-corrected chi connectivity index (χ0v) is 16.2. The number of rotatable bonds is 0. The average Bonchev–Trinajstić information content (AvgIpc) is 2.11. The molecule has 0 saturated carbocycles.